The summed E-state index contributed by atoms with van der Waals surface area (Å²) < 4.78 is 0. The molecule has 0 amide bonds. The summed E-state index contributed by atoms with van der Waals surface area (Å²) >= 11 is 0. The average molecular weight is 218 g/mol. The van der Waals surface area contributed by atoms with E-state index in [1.165, 1.54) is 12.8 Å². The predicted molar refractivity (Wildman–Crippen MR) is 65.9 cm³/mol. The number of piperidine rings is 1. The van der Waals surface area contributed by atoms with Crippen LogP contribution < -0.4 is 10.6 Å². The maximum absolute atomic E-state index is 7.30. The summed E-state index contributed by atoms with van der Waals surface area (Å²) in [6.07, 6.45) is 4.14. The number of pyridine rings is 1. The van der Waals surface area contributed by atoms with Crippen LogP contribution in [-0.4, -0.2) is 23.9 Å². The molecule has 0 radical (unpaired) electrons. The van der Waals surface area contributed by atoms with E-state index < -0.39 is 0 Å². The molecule has 3 N–H and O–H groups in total. The van der Waals surface area contributed by atoms with Crippen LogP contribution in [-0.2, 0) is 0 Å². The molecule has 0 bridgehead atoms. The standard InChI is InChI=1S/C12H18N4/c1-9-4-6-16(7-5-9)11-3-2-10(8-15-11)12(13)14/h2-3,8-9H,4-7H2,1H3,(H3,13,14). The number of nitrogens with one attached hydrogen (secondary N) is 1. The van der Waals surface area contributed by atoms with E-state index in [-0.39, 0.29) is 5.84 Å². The molecular formula is C12H18N4. The largest absolute Gasteiger partial charge is 0.384 e. The van der Waals surface area contributed by atoms with Gasteiger partial charge in [0.05, 0.1) is 0 Å². The highest BCUT2D eigenvalue weighted by molar-refractivity contribution is 5.94. The fourth-order valence-electron chi connectivity index (χ4n) is 1.97. The quantitative estimate of drug-likeness (QED) is 0.585. The summed E-state index contributed by atoms with van der Waals surface area (Å²) in [5.41, 5.74) is 6.08. The zero-order valence-corrected chi connectivity index (χ0v) is 9.61. The number of nitrogens with zero attached hydrogens (tertiary/aromatic N) is 2. The van der Waals surface area contributed by atoms with Crippen LogP contribution in [0.25, 0.3) is 0 Å². The van der Waals surface area contributed by atoms with Gasteiger partial charge in [-0.15, -0.1) is 0 Å². The van der Waals surface area contributed by atoms with Gasteiger partial charge in [-0.05, 0) is 30.9 Å². The smallest absolute Gasteiger partial charge is 0.128 e. The minimum atomic E-state index is 0.0753. The van der Waals surface area contributed by atoms with Crippen LogP contribution in [0.5, 0.6) is 0 Å². The second-order valence-electron chi connectivity index (χ2n) is 4.49. The number of anilines is 1. The molecule has 0 atom stereocenters. The summed E-state index contributed by atoms with van der Waals surface area (Å²) in [5, 5.41) is 7.30. The maximum atomic E-state index is 7.30. The third-order valence-electron chi connectivity index (χ3n) is 3.17. The zero-order valence-electron chi connectivity index (χ0n) is 9.61. The first kappa shape index (κ1) is 10.9. The molecule has 86 valence electrons. The van der Waals surface area contributed by atoms with E-state index >= 15 is 0 Å². The van der Waals surface area contributed by atoms with Gasteiger partial charge in [-0.25, -0.2) is 4.98 Å². The van der Waals surface area contributed by atoms with E-state index in [4.69, 9.17) is 11.1 Å². The highest BCUT2D eigenvalue weighted by atomic mass is 15.2. The molecule has 0 spiro atoms. The number of aromatic nitrogens is 1. The molecule has 4 heteroatoms. The fraction of sp³-hybridized carbons (Fsp3) is 0.500. The van der Waals surface area contributed by atoms with Crippen molar-refractivity contribution < 1.29 is 0 Å². The molecule has 16 heavy (non-hydrogen) atoms. The molecule has 1 fully saturated rings. The van der Waals surface area contributed by atoms with Crippen LogP contribution in [0.3, 0.4) is 0 Å². The third kappa shape index (κ3) is 2.32. The van der Waals surface area contributed by atoms with E-state index in [0.29, 0.717) is 5.56 Å². The van der Waals surface area contributed by atoms with Crippen LogP contribution in [0.4, 0.5) is 5.82 Å². The lowest BCUT2D eigenvalue weighted by Crippen LogP contribution is -2.33. The molecule has 1 aliphatic rings. The van der Waals surface area contributed by atoms with Crippen molar-refractivity contribution in [2.45, 2.75) is 19.8 Å². The predicted octanol–water partition coefficient (Wildman–Crippen LogP) is 1.60. The Morgan fingerprint density at radius 3 is 2.62 bits per heavy atom. The summed E-state index contributed by atoms with van der Waals surface area (Å²) in [6, 6.07) is 3.81. The van der Waals surface area contributed by atoms with E-state index in [9.17, 15) is 0 Å². The molecule has 4 nitrogen and oxygen atoms in total. The second kappa shape index (κ2) is 4.51. The van der Waals surface area contributed by atoms with Gasteiger partial charge in [0.25, 0.3) is 0 Å². The van der Waals surface area contributed by atoms with E-state index in [1.54, 1.807) is 6.20 Å². The number of hydrogen-bond donors (Lipinski definition) is 2. The van der Waals surface area contributed by atoms with Crippen LogP contribution in [0, 0.1) is 11.3 Å². The molecule has 2 heterocycles. The molecule has 2 rings (SSSR count). The second-order valence-corrected chi connectivity index (χ2v) is 4.49. The summed E-state index contributed by atoms with van der Waals surface area (Å²) in [5.74, 6) is 1.90. The van der Waals surface area contributed by atoms with Crippen molar-refractivity contribution in [2.75, 3.05) is 18.0 Å². The first-order chi connectivity index (χ1) is 7.66. The number of rotatable bonds is 2. The number of nitrogen functional groups attached to an aromatic ring is 1. The van der Waals surface area contributed by atoms with Gasteiger partial charge in [-0.2, -0.15) is 0 Å². The topological polar surface area (TPSA) is 66.0 Å². The average Bonchev–Trinajstić information content (AvgIpc) is 2.30. The Labute approximate surface area is 96.0 Å². The van der Waals surface area contributed by atoms with E-state index in [0.717, 1.165) is 24.8 Å². The number of nitrogens with two attached hydrogens (primary N) is 1. The monoisotopic (exact) mass is 218 g/mol. The van der Waals surface area contributed by atoms with Crippen molar-refractivity contribution in [2.24, 2.45) is 11.7 Å². The first-order valence-electron chi connectivity index (χ1n) is 5.72. The fourth-order valence-corrected chi connectivity index (χ4v) is 1.97. The van der Waals surface area contributed by atoms with Crippen LogP contribution >= 0.6 is 0 Å². The lowest BCUT2D eigenvalue weighted by molar-refractivity contribution is 0.436. The zero-order chi connectivity index (χ0) is 11.5. The van der Waals surface area contributed by atoms with Gasteiger partial charge < -0.3 is 10.6 Å². The van der Waals surface area contributed by atoms with E-state index in [2.05, 4.69) is 16.8 Å². The summed E-state index contributed by atoms with van der Waals surface area (Å²) in [7, 11) is 0. The minimum absolute atomic E-state index is 0.0753. The van der Waals surface area contributed by atoms with Gasteiger partial charge in [-0.1, -0.05) is 6.92 Å². The lowest BCUT2D eigenvalue weighted by atomic mass is 9.99. The van der Waals surface area contributed by atoms with Crippen molar-refractivity contribution in [3.8, 4) is 0 Å². The highest BCUT2D eigenvalue weighted by Crippen LogP contribution is 2.21. The normalized spacial score (nSPS) is 17.4. The molecule has 1 aromatic heterocycles. The van der Waals surface area contributed by atoms with Gasteiger partial charge in [-0.3, -0.25) is 5.41 Å². The maximum Gasteiger partial charge on any atom is 0.128 e. The Hall–Kier alpha value is -1.58. The molecule has 0 aromatic carbocycles. The van der Waals surface area contributed by atoms with Crippen molar-refractivity contribution in [3.63, 3.8) is 0 Å². The van der Waals surface area contributed by atoms with Gasteiger partial charge >= 0.3 is 0 Å². The highest BCUT2D eigenvalue weighted by Gasteiger charge is 2.16. The van der Waals surface area contributed by atoms with Gasteiger partial charge in [0.1, 0.15) is 11.7 Å². The molecule has 1 saturated heterocycles. The lowest BCUT2D eigenvalue weighted by Gasteiger charge is -2.31. The van der Waals surface area contributed by atoms with Crippen molar-refractivity contribution in [1.82, 2.24) is 4.98 Å². The van der Waals surface area contributed by atoms with Crippen LogP contribution in [0.2, 0.25) is 0 Å². The molecule has 0 unspecified atom stereocenters. The first-order valence-corrected chi connectivity index (χ1v) is 5.72. The summed E-state index contributed by atoms with van der Waals surface area (Å²) in [6.45, 7) is 4.45. The van der Waals surface area contributed by atoms with Crippen molar-refractivity contribution >= 4 is 11.7 Å². The summed E-state index contributed by atoms with van der Waals surface area (Å²) in [4.78, 5) is 6.65. The third-order valence-corrected chi connectivity index (χ3v) is 3.17. The van der Waals surface area contributed by atoms with Gasteiger partial charge in [0, 0.05) is 24.8 Å². The Kier molecular flexibility index (Phi) is 3.08. The number of amidine groups is 1. The Morgan fingerprint density at radius 1 is 1.44 bits per heavy atom. The Balaban J connectivity index is 2.07. The Bertz CT molecular complexity index is 363. The van der Waals surface area contributed by atoms with Crippen LogP contribution in [0.15, 0.2) is 18.3 Å². The molecule has 0 aliphatic carbocycles. The van der Waals surface area contributed by atoms with Crippen molar-refractivity contribution in [1.29, 1.82) is 5.41 Å². The van der Waals surface area contributed by atoms with Gasteiger partial charge in [0.15, 0.2) is 0 Å². The number of hydrogen-bond acceptors (Lipinski definition) is 3. The van der Waals surface area contributed by atoms with Crippen LogP contribution in [0.1, 0.15) is 25.3 Å². The molecule has 0 saturated carbocycles. The SMILES string of the molecule is CC1CCN(c2ccc(C(=N)N)cn2)CC1. The van der Waals surface area contributed by atoms with E-state index in [1.807, 2.05) is 12.1 Å². The Morgan fingerprint density at radius 2 is 2.12 bits per heavy atom. The molecule has 1 aliphatic heterocycles. The molecule has 1 aromatic rings. The minimum Gasteiger partial charge on any atom is -0.384 e. The van der Waals surface area contributed by atoms with Crippen molar-refractivity contribution in [3.05, 3.63) is 23.9 Å². The molecular weight excluding hydrogens is 200 g/mol. The van der Waals surface area contributed by atoms with Gasteiger partial charge in [0.2, 0.25) is 0 Å².